The first-order chi connectivity index (χ1) is 16.7. The summed E-state index contributed by atoms with van der Waals surface area (Å²) in [4.78, 5) is 33.1. The smallest absolute Gasteiger partial charge is 0.330 e. The summed E-state index contributed by atoms with van der Waals surface area (Å²) in [6.07, 6.45) is 7.05. The Morgan fingerprint density at radius 3 is 2.71 bits per heavy atom. The van der Waals surface area contributed by atoms with Crippen LogP contribution in [0.1, 0.15) is 50.7 Å². The zero-order chi connectivity index (χ0) is 25.1. The predicted molar refractivity (Wildman–Crippen MR) is 139 cm³/mol. The number of carbonyl (C=O) groups is 2. The molecule has 0 spiro atoms. The number of nitrogens with two attached hydrogens (primary N) is 1. The van der Waals surface area contributed by atoms with Crippen LogP contribution in [-0.4, -0.2) is 35.1 Å². The van der Waals surface area contributed by atoms with Crippen molar-refractivity contribution in [2.45, 2.75) is 76.6 Å². The first kappa shape index (κ1) is 25.1. The topological polar surface area (TPSA) is 110 Å². The lowest BCUT2D eigenvalue weighted by Gasteiger charge is -2.29. The van der Waals surface area contributed by atoms with E-state index in [1.165, 1.54) is 18.0 Å². The van der Waals surface area contributed by atoms with E-state index in [0.717, 1.165) is 48.2 Å². The predicted octanol–water partition coefficient (Wildman–Crippen LogP) is 4.67. The fourth-order valence-corrected chi connectivity index (χ4v) is 5.29. The van der Waals surface area contributed by atoms with E-state index in [-0.39, 0.29) is 30.1 Å². The van der Waals surface area contributed by atoms with Crippen LogP contribution >= 0.6 is 11.8 Å². The number of nitrogens with zero attached hydrogens (tertiary/aromatic N) is 2. The van der Waals surface area contributed by atoms with Crippen LogP contribution in [0.3, 0.4) is 0 Å². The Bertz CT molecular complexity index is 1150. The molecule has 1 saturated carbocycles. The lowest BCUT2D eigenvalue weighted by Crippen LogP contribution is -2.49. The summed E-state index contributed by atoms with van der Waals surface area (Å²) in [5.41, 5.74) is 9.34. The van der Waals surface area contributed by atoms with Crippen LogP contribution in [0.25, 0.3) is 0 Å². The molecule has 1 aromatic heterocycles. The molecule has 3 amide bonds. The monoisotopic (exact) mass is 495 g/mol. The normalized spacial score (nSPS) is 21.8. The number of urea groups is 1. The third-order valence-corrected chi connectivity index (χ3v) is 7.38. The van der Waals surface area contributed by atoms with Crippen molar-refractivity contribution < 1.29 is 14.3 Å². The molecule has 8 nitrogen and oxygen atoms in total. The van der Waals surface area contributed by atoms with Crippen molar-refractivity contribution >= 4 is 35.1 Å². The standard InChI is InChI=1S/C26H33N5O3S/c1-15(2)34-18-9-10-21(16(3)13-18)31-22-11-12-28-25(17(22)4)35-23(14-29-26(31)33)24(32)30-20-8-6-5-7-19(20)27/h9-15,19-20H,5-8,27H2,1-4H3,(H,29,33)(H,30,32)/b23-14+/t19-,20+/m0/s1. The van der Waals surface area contributed by atoms with Gasteiger partial charge in [0.1, 0.15) is 10.8 Å². The van der Waals surface area contributed by atoms with E-state index in [4.69, 9.17) is 10.5 Å². The highest BCUT2D eigenvalue weighted by Gasteiger charge is 2.28. The number of benzene rings is 1. The van der Waals surface area contributed by atoms with E-state index in [9.17, 15) is 9.59 Å². The van der Waals surface area contributed by atoms with Gasteiger partial charge in [-0.05, 0) is 70.4 Å². The van der Waals surface area contributed by atoms with Crippen LogP contribution in [-0.2, 0) is 4.79 Å². The second kappa shape index (κ2) is 10.7. The van der Waals surface area contributed by atoms with Crippen LogP contribution in [0, 0.1) is 13.8 Å². The second-order valence-corrected chi connectivity index (χ2v) is 10.3. The van der Waals surface area contributed by atoms with Gasteiger partial charge in [0.25, 0.3) is 5.91 Å². The highest BCUT2D eigenvalue weighted by atomic mass is 32.2. The number of ether oxygens (including phenoxy) is 1. The van der Waals surface area contributed by atoms with Gasteiger partial charge in [-0.1, -0.05) is 24.6 Å². The van der Waals surface area contributed by atoms with Gasteiger partial charge in [0, 0.05) is 30.0 Å². The summed E-state index contributed by atoms with van der Waals surface area (Å²) in [5.74, 6) is 0.484. The Labute approximate surface area is 210 Å². The molecule has 9 heteroatoms. The Balaban J connectivity index is 1.67. The molecule has 2 atom stereocenters. The highest BCUT2D eigenvalue weighted by Crippen LogP contribution is 2.38. The van der Waals surface area contributed by atoms with Crippen LogP contribution in [0.2, 0.25) is 0 Å². The van der Waals surface area contributed by atoms with Gasteiger partial charge in [0.05, 0.1) is 22.4 Å². The third-order valence-electron chi connectivity index (χ3n) is 6.25. The van der Waals surface area contributed by atoms with Crippen molar-refractivity contribution in [1.82, 2.24) is 15.6 Å². The van der Waals surface area contributed by atoms with E-state index in [2.05, 4.69) is 15.6 Å². The summed E-state index contributed by atoms with van der Waals surface area (Å²) in [6.45, 7) is 7.80. The van der Waals surface area contributed by atoms with Gasteiger partial charge in [-0.2, -0.15) is 0 Å². The van der Waals surface area contributed by atoms with E-state index in [0.29, 0.717) is 15.6 Å². The number of fused-ring (bicyclic) bond motifs is 2. The van der Waals surface area contributed by atoms with Crippen molar-refractivity contribution in [2.75, 3.05) is 4.90 Å². The number of amides is 3. The maximum atomic E-state index is 13.5. The maximum absolute atomic E-state index is 13.5. The number of anilines is 2. The largest absolute Gasteiger partial charge is 0.491 e. The molecule has 2 aliphatic rings. The molecule has 1 fully saturated rings. The zero-order valence-electron chi connectivity index (χ0n) is 20.6. The van der Waals surface area contributed by atoms with E-state index in [1.807, 2.05) is 52.0 Å². The summed E-state index contributed by atoms with van der Waals surface area (Å²) in [6, 6.07) is 6.95. The number of carbonyl (C=O) groups excluding carboxylic acids is 2. The summed E-state index contributed by atoms with van der Waals surface area (Å²) in [7, 11) is 0. The number of rotatable bonds is 5. The minimum atomic E-state index is -0.368. The number of hydrogen-bond donors (Lipinski definition) is 3. The average Bonchev–Trinajstić information content (AvgIpc) is 2.83. The van der Waals surface area contributed by atoms with Gasteiger partial charge in [-0.15, -0.1) is 0 Å². The van der Waals surface area contributed by atoms with Gasteiger partial charge >= 0.3 is 6.03 Å². The average molecular weight is 496 g/mol. The van der Waals surface area contributed by atoms with E-state index < -0.39 is 0 Å². The van der Waals surface area contributed by atoms with Gasteiger partial charge in [-0.25, -0.2) is 9.78 Å². The van der Waals surface area contributed by atoms with Crippen LogP contribution < -0.4 is 26.0 Å². The molecule has 2 bridgehead atoms. The molecule has 1 aliphatic carbocycles. The first-order valence-corrected chi connectivity index (χ1v) is 12.8. The fourth-order valence-electron chi connectivity index (χ4n) is 4.44. The first-order valence-electron chi connectivity index (χ1n) is 12.0. The zero-order valence-corrected chi connectivity index (χ0v) is 21.4. The van der Waals surface area contributed by atoms with E-state index >= 15 is 0 Å². The summed E-state index contributed by atoms with van der Waals surface area (Å²) >= 11 is 1.24. The SMILES string of the molecule is Cc1cc(OC(C)C)ccc1N1C(=O)N/C=C(\C(=O)N[C@@H]2CCCC[C@@H]2N)Sc2nccc1c2C. The molecule has 1 aromatic carbocycles. The Morgan fingerprint density at radius 2 is 2.00 bits per heavy atom. The number of pyridine rings is 1. The van der Waals surface area contributed by atoms with Crippen LogP contribution in [0.5, 0.6) is 5.75 Å². The van der Waals surface area contributed by atoms with Crippen LogP contribution in [0.4, 0.5) is 16.2 Å². The maximum Gasteiger partial charge on any atom is 0.330 e. The molecule has 35 heavy (non-hydrogen) atoms. The molecule has 2 aromatic rings. The van der Waals surface area contributed by atoms with Crippen molar-refractivity contribution in [2.24, 2.45) is 5.73 Å². The number of thioether (sulfide) groups is 1. The van der Waals surface area contributed by atoms with Gasteiger partial charge in [0.15, 0.2) is 0 Å². The number of hydrogen-bond acceptors (Lipinski definition) is 6. The fraction of sp³-hybridized carbons (Fsp3) is 0.423. The van der Waals surface area contributed by atoms with Gasteiger partial charge < -0.3 is 21.1 Å². The molecule has 0 saturated heterocycles. The highest BCUT2D eigenvalue weighted by molar-refractivity contribution is 8.04. The molecule has 0 unspecified atom stereocenters. The molecule has 4 rings (SSSR count). The number of nitrogens with one attached hydrogen (secondary N) is 2. The van der Waals surface area contributed by atoms with Gasteiger partial charge in [-0.3, -0.25) is 9.69 Å². The summed E-state index contributed by atoms with van der Waals surface area (Å²) in [5, 5.41) is 6.54. The quantitative estimate of drug-likeness (QED) is 0.556. The minimum Gasteiger partial charge on any atom is -0.491 e. The van der Waals surface area contributed by atoms with Crippen molar-refractivity contribution in [3.05, 3.63) is 52.7 Å². The van der Waals surface area contributed by atoms with Crippen molar-refractivity contribution in [3.8, 4) is 5.75 Å². The van der Waals surface area contributed by atoms with Gasteiger partial charge in [0.2, 0.25) is 0 Å². The number of aryl methyl sites for hydroxylation is 1. The third kappa shape index (κ3) is 5.62. The summed E-state index contributed by atoms with van der Waals surface area (Å²) < 4.78 is 5.81. The van der Waals surface area contributed by atoms with E-state index in [1.54, 1.807) is 11.1 Å². The molecule has 2 heterocycles. The van der Waals surface area contributed by atoms with Crippen molar-refractivity contribution in [3.63, 3.8) is 0 Å². The molecular weight excluding hydrogens is 462 g/mol. The lowest BCUT2D eigenvalue weighted by molar-refractivity contribution is -0.117. The Kier molecular flexibility index (Phi) is 7.66. The lowest BCUT2D eigenvalue weighted by atomic mass is 9.91. The molecular formula is C26H33N5O3S. The number of aromatic nitrogens is 1. The van der Waals surface area contributed by atoms with Crippen molar-refractivity contribution in [1.29, 1.82) is 0 Å². The Hall–Kier alpha value is -3.04. The molecule has 0 radical (unpaired) electrons. The second-order valence-electron chi connectivity index (χ2n) is 9.30. The Morgan fingerprint density at radius 1 is 1.23 bits per heavy atom. The van der Waals surface area contributed by atoms with Crippen LogP contribution in [0.15, 0.2) is 46.6 Å². The minimum absolute atomic E-state index is 0.0497. The molecule has 4 N–H and O–H groups in total. The molecule has 1 aliphatic heterocycles. The molecule has 186 valence electrons.